The number of aliphatic hydroxyl groups is 1. The summed E-state index contributed by atoms with van der Waals surface area (Å²) in [5, 5.41) is 19.1. The minimum Gasteiger partial charge on any atom is -0.391 e. The molecule has 0 bridgehead atoms. The third-order valence-corrected chi connectivity index (χ3v) is 3.78. The van der Waals surface area contributed by atoms with Gasteiger partial charge in [0.1, 0.15) is 23.5 Å². The molecule has 0 amide bonds. The molecule has 112 valence electrons. The molecule has 0 aliphatic carbocycles. The Balaban J connectivity index is 2.07. The summed E-state index contributed by atoms with van der Waals surface area (Å²) in [4.78, 5) is 5.82. The number of hydrogen-bond donors (Lipinski definition) is 1. The van der Waals surface area contributed by atoms with Crippen molar-refractivity contribution in [2.24, 2.45) is 0 Å². The highest BCUT2D eigenvalue weighted by atomic mass is 19.1. The molecule has 1 aliphatic heterocycles. The van der Waals surface area contributed by atoms with E-state index in [1.165, 1.54) is 6.20 Å². The van der Waals surface area contributed by atoms with Crippen LogP contribution in [0.2, 0.25) is 0 Å². The van der Waals surface area contributed by atoms with Gasteiger partial charge in [-0.2, -0.15) is 5.26 Å². The zero-order chi connectivity index (χ0) is 15.7. The van der Waals surface area contributed by atoms with Gasteiger partial charge in [0, 0.05) is 18.3 Å². The van der Waals surface area contributed by atoms with E-state index in [2.05, 4.69) is 4.98 Å². The molecule has 1 aliphatic rings. The van der Waals surface area contributed by atoms with Crippen LogP contribution in [0.3, 0.4) is 0 Å². The molecule has 1 N–H and O–H groups in total. The first-order chi connectivity index (χ1) is 10.6. The number of pyridine rings is 1. The summed E-state index contributed by atoms with van der Waals surface area (Å²) in [5.41, 5.74) is 0.490. The minimum absolute atomic E-state index is 0.158. The second-order valence-electron chi connectivity index (χ2n) is 5.21. The molecule has 0 saturated carbocycles. The van der Waals surface area contributed by atoms with Crippen LogP contribution in [0.4, 0.5) is 14.6 Å². The fourth-order valence-electron chi connectivity index (χ4n) is 2.83. The molecule has 2 atom stereocenters. The van der Waals surface area contributed by atoms with E-state index in [4.69, 9.17) is 0 Å². The molecule has 0 radical (unpaired) electrons. The Morgan fingerprint density at radius 1 is 1.32 bits per heavy atom. The summed E-state index contributed by atoms with van der Waals surface area (Å²) in [6.07, 6.45) is 1.09. The number of benzene rings is 1. The van der Waals surface area contributed by atoms with Crippen molar-refractivity contribution in [1.82, 2.24) is 4.98 Å². The number of aromatic nitrogens is 1. The highest BCUT2D eigenvalue weighted by Gasteiger charge is 2.35. The fraction of sp³-hybridized carbons (Fsp3) is 0.250. The summed E-state index contributed by atoms with van der Waals surface area (Å²) < 4.78 is 27.5. The van der Waals surface area contributed by atoms with Gasteiger partial charge in [-0.3, -0.25) is 0 Å². The Bertz CT molecular complexity index is 744. The predicted molar refractivity (Wildman–Crippen MR) is 76.0 cm³/mol. The van der Waals surface area contributed by atoms with Gasteiger partial charge in [0.15, 0.2) is 0 Å². The molecular formula is C16H13F2N3O. The smallest absolute Gasteiger partial charge is 0.147 e. The minimum atomic E-state index is -0.693. The van der Waals surface area contributed by atoms with E-state index in [0.29, 0.717) is 11.4 Å². The topological polar surface area (TPSA) is 60.2 Å². The molecule has 6 heteroatoms. The largest absolute Gasteiger partial charge is 0.391 e. The molecule has 1 aromatic carbocycles. The number of anilines is 1. The first-order valence-corrected chi connectivity index (χ1v) is 6.85. The average molecular weight is 301 g/mol. The third kappa shape index (κ3) is 2.51. The molecule has 0 spiro atoms. The molecule has 1 aromatic heterocycles. The van der Waals surface area contributed by atoms with Crippen LogP contribution in [0.25, 0.3) is 0 Å². The van der Waals surface area contributed by atoms with Crippen molar-refractivity contribution in [3.8, 4) is 6.07 Å². The second-order valence-corrected chi connectivity index (χ2v) is 5.21. The van der Waals surface area contributed by atoms with Crippen LogP contribution < -0.4 is 4.90 Å². The predicted octanol–water partition coefficient (Wildman–Crippen LogP) is 2.54. The summed E-state index contributed by atoms with van der Waals surface area (Å²) in [6, 6.07) is 7.95. The number of hydrogen-bond acceptors (Lipinski definition) is 4. The summed E-state index contributed by atoms with van der Waals surface area (Å²) in [5.74, 6) is -0.714. The Hall–Kier alpha value is -2.52. The van der Waals surface area contributed by atoms with Crippen molar-refractivity contribution in [2.75, 3.05) is 11.4 Å². The van der Waals surface area contributed by atoms with E-state index in [1.54, 1.807) is 17.0 Å². The van der Waals surface area contributed by atoms with Gasteiger partial charge >= 0.3 is 0 Å². The SMILES string of the molecule is N#Cc1cccnc1N1C[C@@H](O)C[C@@H]1c1cc(F)ccc1F. The van der Waals surface area contributed by atoms with Gasteiger partial charge in [0.2, 0.25) is 0 Å². The normalized spacial score (nSPS) is 20.9. The van der Waals surface area contributed by atoms with Gasteiger partial charge in [-0.05, 0) is 36.8 Å². The Morgan fingerprint density at radius 3 is 2.91 bits per heavy atom. The Morgan fingerprint density at radius 2 is 2.14 bits per heavy atom. The molecule has 2 aromatic rings. The Kier molecular flexibility index (Phi) is 3.73. The first-order valence-electron chi connectivity index (χ1n) is 6.85. The van der Waals surface area contributed by atoms with Crippen LogP contribution in [0.15, 0.2) is 36.5 Å². The lowest BCUT2D eigenvalue weighted by Crippen LogP contribution is -2.26. The van der Waals surface area contributed by atoms with E-state index >= 15 is 0 Å². The van der Waals surface area contributed by atoms with E-state index in [-0.39, 0.29) is 18.5 Å². The highest BCUT2D eigenvalue weighted by Crippen LogP contribution is 2.37. The van der Waals surface area contributed by atoms with Gasteiger partial charge in [0.05, 0.1) is 17.7 Å². The van der Waals surface area contributed by atoms with Crippen molar-refractivity contribution in [1.29, 1.82) is 5.26 Å². The molecule has 0 unspecified atom stereocenters. The van der Waals surface area contributed by atoms with Crippen LogP contribution >= 0.6 is 0 Å². The van der Waals surface area contributed by atoms with Gasteiger partial charge in [-0.25, -0.2) is 13.8 Å². The van der Waals surface area contributed by atoms with Crippen LogP contribution in [0.1, 0.15) is 23.6 Å². The average Bonchev–Trinajstić information content (AvgIpc) is 2.91. The standard InChI is InChI=1S/C16H13F2N3O/c17-11-3-4-14(18)13(6-11)15-7-12(22)9-21(15)16-10(8-19)2-1-5-20-16/h1-6,12,15,22H,7,9H2/t12-,15+/m0/s1. The maximum atomic E-state index is 14.1. The lowest BCUT2D eigenvalue weighted by Gasteiger charge is -2.26. The zero-order valence-electron chi connectivity index (χ0n) is 11.6. The van der Waals surface area contributed by atoms with E-state index in [0.717, 1.165) is 18.2 Å². The fourth-order valence-corrected chi connectivity index (χ4v) is 2.83. The highest BCUT2D eigenvalue weighted by molar-refractivity contribution is 5.56. The lowest BCUT2D eigenvalue weighted by molar-refractivity contribution is 0.194. The van der Waals surface area contributed by atoms with E-state index in [1.807, 2.05) is 6.07 Å². The molecule has 1 fully saturated rings. The van der Waals surface area contributed by atoms with Crippen molar-refractivity contribution >= 4 is 5.82 Å². The number of nitriles is 1. The maximum absolute atomic E-state index is 14.1. The van der Waals surface area contributed by atoms with Gasteiger partial charge in [-0.1, -0.05) is 0 Å². The van der Waals surface area contributed by atoms with Crippen LogP contribution in [0, 0.1) is 23.0 Å². The van der Waals surface area contributed by atoms with Gasteiger partial charge in [-0.15, -0.1) is 0 Å². The van der Waals surface area contributed by atoms with E-state index in [9.17, 15) is 19.1 Å². The van der Waals surface area contributed by atoms with Gasteiger partial charge < -0.3 is 10.0 Å². The Labute approximate surface area is 126 Å². The second kappa shape index (κ2) is 5.70. The zero-order valence-corrected chi connectivity index (χ0v) is 11.6. The molecule has 4 nitrogen and oxygen atoms in total. The van der Waals surface area contributed by atoms with Gasteiger partial charge in [0.25, 0.3) is 0 Å². The van der Waals surface area contributed by atoms with Crippen molar-refractivity contribution in [3.05, 3.63) is 59.3 Å². The molecule has 3 rings (SSSR count). The first kappa shape index (κ1) is 14.4. The number of β-amino-alcohol motifs (C(OH)–C–C–N with tert-alkyl or cyclic N) is 1. The number of rotatable bonds is 2. The quantitative estimate of drug-likeness (QED) is 0.926. The summed E-state index contributed by atoms with van der Waals surface area (Å²) >= 11 is 0. The van der Waals surface area contributed by atoms with E-state index < -0.39 is 23.8 Å². The third-order valence-electron chi connectivity index (χ3n) is 3.78. The van der Waals surface area contributed by atoms with Crippen molar-refractivity contribution in [3.63, 3.8) is 0 Å². The lowest BCUT2D eigenvalue weighted by atomic mass is 10.0. The number of nitrogens with zero attached hydrogens (tertiary/aromatic N) is 3. The van der Waals surface area contributed by atoms with Crippen LogP contribution in [-0.2, 0) is 0 Å². The van der Waals surface area contributed by atoms with Crippen LogP contribution in [0.5, 0.6) is 0 Å². The number of halogens is 2. The summed E-state index contributed by atoms with van der Waals surface area (Å²) in [6.45, 7) is 0.215. The van der Waals surface area contributed by atoms with Crippen molar-refractivity contribution < 1.29 is 13.9 Å². The molecule has 22 heavy (non-hydrogen) atoms. The van der Waals surface area contributed by atoms with Crippen molar-refractivity contribution in [2.45, 2.75) is 18.6 Å². The molecular weight excluding hydrogens is 288 g/mol. The monoisotopic (exact) mass is 301 g/mol. The summed E-state index contributed by atoms with van der Waals surface area (Å²) in [7, 11) is 0. The van der Waals surface area contributed by atoms with Crippen LogP contribution in [-0.4, -0.2) is 22.7 Å². The molecule has 1 saturated heterocycles. The maximum Gasteiger partial charge on any atom is 0.147 e. The molecule has 2 heterocycles. The number of aliphatic hydroxyl groups excluding tert-OH is 1.